The molecule has 1 aromatic heterocycles. The first kappa shape index (κ1) is 18.1. The number of nitrogens with zero attached hydrogens (tertiary/aromatic N) is 1. The zero-order valence-electron chi connectivity index (χ0n) is 14.3. The average Bonchev–Trinajstić information content (AvgIpc) is 3.08. The number of aryl methyl sites for hydroxylation is 1. The smallest absolute Gasteiger partial charge is 0.306 e. The second-order valence-electron chi connectivity index (χ2n) is 5.88. The van der Waals surface area contributed by atoms with E-state index >= 15 is 0 Å². The van der Waals surface area contributed by atoms with Crippen molar-refractivity contribution >= 4 is 34.2 Å². The van der Waals surface area contributed by atoms with Crippen molar-refractivity contribution in [1.29, 1.82) is 0 Å². The minimum Gasteiger partial charge on any atom is -0.456 e. The van der Waals surface area contributed by atoms with Crippen LogP contribution in [0.4, 0.5) is 11.4 Å². The lowest BCUT2D eigenvalue weighted by atomic mass is 10.1. The Kier molecular flexibility index (Phi) is 5.46. The molecule has 0 saturated heterocycles. The van der Waals surface area contributed by atoms with Gasteiger partial charge in [0.25, 0.3) is 11.6 Å². The van der Waals surface area contributed by atoms with E-state index in [1.165, 1.54) is 24.3 Å². The summed E-state index contributed by atoms with van der Waals surface area (Å²) in [5.41, 5.74) is 2.13. The van der Waals surface area contributed by atoms with Gasteiger partial charge in [-0.15, -0.1) is 0 Å². The van der Waals surface area contributed by atoms with E-state index in [4.69, 9.17) is 4.74 Å². The van der Waals surface area contributed by atoms with Crippen molar-refractivity contribution in [2.24, 2.45) is 0 Å². The van der Waals surface area contributed by atoms with Gasteiger partial charge in [-0.25, -0.2) is 0 Å². The molecule has 3 rings (SSSR count). The van der Waals surface area contributed by atoms with Gasteiger partial charge in [-0.05, 0) is 24.1 Å². The molecule has 3 aromatic rings. The molecule has 8 nitrogen and oxygen atoms in total. The number of hydrogen-bond acceptors (Lipinski definition) is 5. The number of anilines is 1. The van der Waals surface area contributed by atoms with Gasteiger partial charge < -0.3 is 15.0 Å². The summed E-state index contributed by atoms with van der Waals surface area (Å²) in [6, 6.07) is 13.3. The fourth-order valence-corrected chi connectivity index (χ4v) is 2.69. The van der Waals surface area contributed by atoms with Crippen LogP contribution in [-0.4, -0.2) is 28.4 Å². The van der Waals surface area contributed by atoms with Crippen molar-refractivity contribution in [2.45, 2.75) is 12.8 Å². The Labute approximate surface area is 154 Å². The molecule has 138 valence electrons. The van der Waals surface area contributed by atoms with Crippen molar-refractivity contribution in [3.63, 3.8) is 0 Å². The van der Waals surface area contributed by atoms with Gasteiger partial charge in [0.05, 0.1) is 4.92 Å². The van der Waals surface area contributed by atoms with Crippen LogP contribution in [0.2, 0.25) is 0 Å². The summed E-state index contributed by atoms with van der Waals surface area (Å²) in [4.78, 5) is 37.0. The van der Waals surface area contributed by atoms with Crippen LogP contribution in [-0.2, 0) is 20.7 Å². The number of hydrogen-bond donors (Lipinski definition) is 2. The lowest BCUT2D eigenvalue weighted by Gasteiger charge is -2.06. The standard InChI is InChI=1S/C19H17N3O5/c23-18(21-14-4-3-5-15(10-14)22(25)26)12-27-19(24)9-8-13-11-20-17-7-2-1-6-16(13)17/h1-7,10-11,20H,8-9,12H2,(H,21,23). The van der Waals surface area contributed by atoms with Crippen LogP contribution in [0, 0.1) is 10.1 Å². The molecule has 0 aliphatic rings. The Bertz CT molecular complexity index is 996. The molecule has 2 N–H and O–H groups in total. The Morgan fingerprint density at radius 3 is 2.78 bits per heavy atom. The number of benzene rings is 2. The summed E-state index contributed by atoms with van der Waals surface area (Å²) in [7, 11) is 0. The number of rotatable bonds is 7. The molecule has 0 atom stereocenters. The first-order chi connectivity index (χ1) is 13.0. The third-order valence-corrected chi connectivity index (χ3v) is 3.98. The number of aromatic amines is 1. The summed E-state index contributed by atoms with van der Waals surface area (Å²) < 4.78 is 4.97. The highest BCUT2D eigenvalue weighted by molar-refractivity contribution is 5.93. The number of nitro benzene ring substituents is 1. The molecule has 1 heterocycles. The van der Waals surface area contributed by atoms with Gasteiger partial charge in [0.2, 0.25) is 0 Å². The van der Waals surface area contributed by atoms with Crippen molar-refractivity contribution in [1.82, 2.24) is 4.98 Å². The number of aromatic nitrogens is 1. The third-order valence-electron chi connectivity index (χ3n) is 3.98. The lowest BCUT2D eigenvalue weighted by Crippen LogP contribution is -2.21. The lowest BCUT2D eigenvalue weighted by molar-refractivity contribution is -0.384. The minimum absolute atomic E-state index is 0.136. The van der Waals surface area contributed by atoms with E-state index in [2.05, 4.69) is 10.3 Å². The molecular weight excluding hydrogens is 350 g/mol. The van der Waals surface area contributed by atoms with Crippen molar-refractivity contribution in [3.8, 4) is 0 Å². The first-order valence-electron chi connectivity index (χ1n) is 8.28. The number of H-pyrrole nitrogens is 1. The predicted octanol–water partition coefficient (Wildman–Crippen LogP) is 3.19. The second kappa shape index (κ2) is 8.13. The first-order valence-corrected chi connectivity index (χ1v) is 8.28. The van der Waals surface area contributed by atoms with E-state index in [0.717, 1.165) is 16.5 Å². The zero-order chi connectivity index (χ0) is 19.2. The number of fused-ring (bicyclic) bond motifs is 1. The van der Waals surface area contributed by atoms with Gasteiger partial charge >= 0.3 is 5.97 Å². The fraction of sp³-hybridized carbons (Fsp3) is 0.158. The Balaban J connectivity index is 1.47. The Hall–Kier alpha value is -3.68. The zero-order valence-corrected chi connectivity index (χ0v) is 14.3. The molecular formula is C19H17N3O5. The van der Waals surface area contributed by atoms with Gasteiger partial charge in [0, 0.05) is 41.3 Å². The molecule has 8 heteroatoms. The van der Waals surface area contributed by atoms with Crippen LogP contribution in [0.25, 0.3) is 10.9 Å². The van der Waals surface area contributed by atoms with E-state index in [1.807, 2.05) is 30.5 Å². The molecule has 1 amide bonds. The number of amides is 1. The number of para-hydroxylation sites is 1. The highest BCUT2D eigenvalue weighted by Crippen LogP contribution is 2.19. The number of ether oxygens (including phenoxy) is 1. The molecule has 27 heavy (non-hydrogen) atoms. The topological polar surface area (TPSA) is 114 Å². The molecule has 2 aromatic carbocycles. The molecule has 0 fully saturated rings. The van der Waals surface area contributed by atoms with Crippen LogP contribution < -0.4 is 5.32 Å². The van der Waals surface area contributed by atoms with Gasteiger partial charge in [-0.3, -0.25) is 19.7 Å². The number of nitro groups is 1. The van der Waals surface area contributed by atoms with Crippen LogP contribution in [0.15, 0.2) is 54.7 Å². The van der Waals surface area contributed by atoms with Crippen molar-refractivity contribution < 1.29 is 19.2 Å². The molecule has 0 radical (unpaired) electrons. The van der Waals surface area contributed by atoms with Gasteiger partial charge in [0.15, 0.2) is 6.61 Å². The number of nitrogens with one attached hydrogen (secondary N) is 2. The van der Waals surface area contributed by atoms with Gasteiger partial charge in [0.1, 0.15) is 0 Å². The van der Waals surface area contributed by atoms with Crippen LogP contribution in [0.1, 0.15) is 12.0 Å². The highest BCUT2D eigenvalue weighted by Gasteiger charge is 2.12. The molecule has 0 aliphatic carbocycles. The number of non-ortho nitro benzene ring substituents is 1. The summed E-state index contributed by atoms with van der Waals surface area (Å²) in [5, 5.41) is 14.2. The number of esters is 1. The van der Waals surface area contributed by atoms with E-state index in [1.54, 1.807) is 0 Å². The van der Waals surface area contributed by atoms with Crippen LogP contribution in [0.3, 0.4) is 0 Å². The summed E-state index contributed by atoms with van der Waals surface area (Å²) >= 11 is 0. The Morgan fingerprint density at radius 1 is 1.15 bits per heavy atom. The minimum atomic E-state index is -0.559. The predicted molar refractivity (Wildman–Crippen MR) is 99.3 cm³/mol. The maximum absolute atomic E-state index is 11.9. The molecule has 0 aliphatic heterocycles. The normalized spacial score (nSPS) is 10.5. The summed E-state index contributed by atoms with van der Waals surface area (Å²) in [5.74, 6) is -1.05. The molecule has 0 unspecified atom stereocenters. The van der Waals surface area contributed by atoms with E-state index in [9.17, 15) is 19.7 Å². The molecule has 0 spiro atoms. The summed E-state index contributed by atoms with van der Waals surface area (Å²) in [6.07, 6.45) is 2.49. The van der Waals surface area contributed by atoms with Gasteiger partial charge in [-0.1, -0.05) is 24.3 Å². The van der Waals surface area contributed by atoms with Crippen molar-refractivity contribution in [2.75, 3.05) is 11.9 Å². The largest absolute Gasteiger partial charge is 0.456 e. The van der Waals surface area contributed by atoms with E-state index in [-0.39, 0.29) is 17.8 Å². The van der Waals surface area contributed by atoms with Crippen molar-refractivity contribution in [3.05, 3.63) is 70.4 Å². The van der Waals surface area contributed by atoms with E-state index in [0.29, 0.717) is 6.42 Å². The van der Waals surface area contributed by atoms with Crippen LogP contribution >= 0.6 is 0 Å². The Morgan fingerprint density at radius 2 is 1.96 bits per heavy atom. The summed E-state index contributed by atoms with van der Waals surface area (Å²) in [6.45, 7) is -0.449. The van der Waals surface area contributed by atoms with Crippen LogP contribution in [0.5, 0.6) is 0 Å². The average molecular weight is 367 g/mol. The molecule has 0 saturated carbocycles. The second-order valence-corrected chi connectivity index (χ2v) is 5.88. The maximum atomic E-state index is 11.9. The number of carbonyl (C=O) groups is 2. The fourth-order valence-electron chi connectivity index (χ4n) is 2.69. The molecule has 0 bridgehead atoms. The highest BCUT2D eigenvalue weighted by atomic mass is 16.6. The third kappa shape index (κ3) is 4.69. The number of carbonyl (C=O) groups excluding carboxylic acids is 2. The quantitative estimate of drug-likeness (QED) is 0.378. The SMILES string of the molecule is O=C(COC(=O)CCc1c[nH]c2ccccc12)Nc1cccc([N+](=O)[O-])c1. The monoisotopic (exact) mass is 367 g/mol. The maximum Gasteiger partial charge on any atom is 0.306 e. The van der Waals surface area contributed by atoms with E-state index < -0.39 is 23.4 Å². The van der Waals surface area contributed by atoms with Gasteiger partial charge in [-0.2, -0.15) is 0 Å².